The van der Waals surface area contributed by atoms with Crippen LogP contribution in [-0.2, 0) is 14.3 Å². The molecule has 0 aromatic heterocycles. The summed E-state index contributed by atoms with van der Waals surface area (Å²) in [6.07, 6.45) is 0.968. The first kappa shape index (κ1) is 22.0. The summed E-state index contributed by atoms with van der Waals surface area (Å²) in [7, 11) is 0. The normalized spacial score (nSPS) is 13.4. The lowest BCUT2D eigenvalue weighted by Gasteiger charge is -2.38. The molecule has 5 nitrogen and oxygen atoms in total. The van der Waals surface area contributed by atoms with Gasteiger partial charge in [0.15, 0.2) is 0 Å². The quantitative estimate of drug-likeness (QED) is 0.392. The van der Waals surface area contributed by atoms with Gasteiger partial charge in [0.25, 0.3) is 0 Å². The Labute approximate surface area is 145 Å². The summed E-state index contributed by atoms with van der Waals surface area (Å²) in [5, 5.41) is 0. The molecule has 6 heteroatoms. The van der Waals surface area contributed by atoms with Gasteiger partial charge in [0.1, 0.15) is 11.6 Å². The van der Waals surface area contributed by atoms with E-state index in [1.54, 1.807) is 27.7 Å². The average molecular weight is 350 g/mol. The van der Waals surface area contributed by atoms with Crippen molar-refractivity contribution in [3.8, 4) is 0 Å². The van der Waals surface area contributed by atoms with Gasteiger partial charge in [-0.15, -0.1) is 11.6 Å². The van der Waals surface area contributed by atoms with Gasteiger partial charge in [0.2, 0.25) is 0 Å². The van der Waals surface area contributed by atoms with Crippen molar-refractivity contribution in [2.45, 2.75) is 73.0 Å². The highest BCUT2D eigenvalue weighted by molar-refractivity contribution is 6.17. The third-order valence-electron chi connectivity index (χ3n) is 3.05. The van der Waals surface area contributed by atoms with E-state index >= 15 is 0 Å². The number of unbranched alkanes of at least 4 members (excludes halogenated alkanes) is 1. The van der Waals surface area contributed by atoms with Gasteiger partial charge in [-0.25, -0.2) is 9.59 Å². The molecule has 1 amide bonds. The van der Waals surface area contributed by atoms with Crippen LogP contribution in [-0.4, -0.2) is 47.6 Å². The van der Waals surface area contributed by atoms with E-state index in [2.05, 4.69) is 0 Å². The fourth-order valence-corrected chi connectivity index (χ4v) is 2.38. The predicted molar refractivity (Wildman–Crippen MR) is 92.8 cm³/mol. The van der Waals surface area contributed by atoms with Crippen molar-refractivity contribution in [1.82, 2.24) is 4.90 Å². The van der Waals surface area contributed by atoms with Gasteiger partial charge in [0, 0.05) is 12.4 Å². The zero-order valence-corrected chi connectivity index (χ0v) is 16.3. The minimum absolute atomic E-state index is 0.273. The van der Waals surface area contributed by atoms with Crippen molar-refractivity contribution in [1.29, 1.82) is 0 Å². The van der Waals surface area contributed by atoms with E-state index in [4.69, 9.17) is 21.1 Å². The first-order valence-corrected chi connectivity index (χ1v) is 8.69. The second-order valence-electron chi connectivity index (χ2n) is 7.59. The fraction of sp³-hybridized carbons (Fsp3) is 0.882. The molecule has 136 valence electrons. The first-order chi connectivity index (χ1) is 10.4. The van der Waals surface area contributed by atoms with Gasteiger partial charge < -0.3 is 9.47 Å². The van der Waals surface area contributed by atoms with E-state index in [-0.39, 0.29) is 6.61 Å². The average Bonchev–Trinajstić information content (AvgIpc) is 2.34. The van der Waals surface area contributed by atoms with E-state index in [1.165, 1.54) is 4.90 Å². The number of ether oxygens (including phenoxy) is 2. The topological polar surface area (TPSA) is 55.8 Å². The second kappa shape index (κ2) is 9.36. The highest BCUT2D eigenvalue weighted by Gasteiger charge is 2.41. The summed E-state index contributed by atoms with van der Waals surface area (Å²) < 4.78 is 10.7. The van der Waals surface area contributed by atoms with Crippen LogP contribution >= 0.6 is 11.6 Å². The molecule has 0 radical (unpaired) electrons. The minimum Gasteiger partial charge on any atom is -0.464 e. The summed E-state index contributed by atoms with van der Waals surface area (Å²) in [4.78, 5) is 26.5. The Bertz CT molecular complexity index is 385. The molecular weight excluding hydrogens is 318 g/mol. The van der Waals surface area contributed by atoms with Crippen LogP contribution in [0.15, 0.2) is 0 Å². The third kappa shape index (κ3) is 8.45. The SMILES string of the molecule is CCOC(=O)[C@@H](N(CCCCCl)C(=O)OC(C)(C)C)C(C)(C)C. The molecule has 0 aliphatic rings. The molecule has 0 saturated carbocycles. The molecule has 0 bridgehead atoms. The molecule has 0 aliphatic heterocycles. The number of esters is 1. The van der Waals surface area contributed by atoms with Crippen molar-refractivity contribution < 1.29 is 19.1 Å². The number of halogens is 1. The lowest BCUT2D eigenvalue weighted by Crippen LogP contribution is -2.54. The van der Waals surface area contributed by atoms with E-state index in [0.29, 0.717) is 18.8 Å². The molecule has 0 heterocycles. The van der Waals surface area contributed by atoms with E-state index in [0.717, 1.165) is 6.42 Å². The van der Waals surface area contributed by atoms with Gasteiger partial charge in [-0.2, -0.15) is 0 Å². The van der Waals surface area contributed by atoms with Gasteiger partial charge in [0.05, 0.1) is 6.61 Å². The number of carbonyl (C=O) groups excluding carboxylic acids is 2. The molecule has 0 aliphatic carbocycles. The van der Waals surface area contributed by atoms with Crippen molar-refractivity contribution in [3.05, 3.63) is 0 Å². The van der Waals surface area contributed by atoms with Crippen molar-refractivity contribution in [3.63, 3.8) is 0 Å². The Kier molecular flexibility index (Phi) is 8.96. The van der Waals surface area contributed by atoms with Crippen LogP contribution in [0.2, 0.25) is 0 Å². The lowest BCUT2D eigenvalue weighted by atomic mass is 9.85. The third-order valence-corrected chi connectivity index (χ3v) is 3.32. The smallest absolute Gasteiger partial charge is 0.411 e. The van der Waals surface area contributed by atoms with Crippen LogP contribution in [0, 0.1) is 5.41 Å². The van der Waals surface area contributed by atoms with E-state index < -0.39 is 29.1 Å². The first-order valence-electron chi connectivity index (χ1n) is 8.16. The second-order valence-corrected chi connectivity index (χ2v) is 7.97. The van der Waals surface area contributed by atoms with Crippen molar-refractivity contribution >= 4 is 23.7 Å². The number of carbonyl (C=O) groups is 2. The molecule has 1 atom stereocenters. The number of hydrogen-bond donors (Lipinski definition) is 0. The van der Waals surface area contributed by atoms with Gasteiger partial charge >= 0.3 is 12.1 Å². The fourth-order valence-electron chi connectivity index (χ4n) is 2.19. The summed E-state index contributed by atoms with van der Waals surface area (Å²) in [6.45, 7) is 13.6. The Morgan fingerprint density at radius 3 is 2.04 bits per heavy atom. The van der Waals surface area contributed by atoms with Crippen LogP contribution in [0.5, 0.6) is 0 Å². The summed E-state index contributed by atoms with van der Waals surface area (Å²) in [6, 6.07) is -0.701. The molecule has 0 N–H and O–H groups in total. The zero-order valence-electron chi connectivity index (χ0n) is 15.6. The van der Waals surface area contributed by atoms with Gasteiger partial charge in [-0.3, -0.25) is 4.90 Å². The standard InChI is InChI=1S/C17H32ClNO4/c1-8-22-14(20)13(16(2,3)4)19(12-10-9-11-18)15(21)23-17(5,6)7/h13H,8-12H2,1-7H3/t13-/m1/s1. The highest BCUT2D eigenvalue weighted by Crippen LogP contribution is 2.27. The molecule has 23 heavy (non-hydrogen) atoms. The van der Waals surface area contributed by atoms with E-state index in [9.17, 15) is 9.59 Å². The minimum atomic E-state index is -0.701. The number of nitrogens with zero attached hydrogens (tertiary/aromatic N) is 1. The number of amides is 1. The van der Waals surface area contributed by atoms with Gasteiger partial charge in [-0.1, -0.05) is 20.8 Å². The Morgan fingerprint density at radius 1 is 1.09 bits per heavy atom. The maximum Gasteiger partial charge on any atom is 0.411 e. The summed E-state index contributed by atoms with van der Waals surface area (Å²) >= 11 is 5.73. The molecule has 0 aromatic carbocycles. The molecule has 0 saturated heterocycles. The maximum absolute atomic E-state index is 12.6. The van der Waals surface area contributed by atoms with Crippen LogP contribution in [0.4, 0.5) is 4.79 Å². The largest absolute Gasteiger partial charge is 0.464 e. The van der Waals surface area contributed by atoms with Crippen molar-refractivity contribution in [2.75, 3.05) is 19.0 Å². The van der Waals surface area contributed by atoms with Crippen LogP contribution in [0.25, 0.3) is 0 Å². The van der Waals surface area contributed by atoms with Crippen LogP contribution < -0.4 is 0 Å². The molecular formula is C17H32ClNO4. The Morgan fingerprint density at radius 2 is 1.65 bits per heavy atom. The number of hydrogen-bond acceptors (Lipinski definition) is 4. The molecule has 0 rings (SSSR count). The number of rotatable bonds is 7. The van der Waals surface area contributed by atoms with Crippen LogP contribution in [0.3, 0.4) is 0 Å². The predicted octanol–water partition coefficient (Wildman–Crippen LogP) is 4.22. The Hall–Kier alpha value is -0.970. The monoisotopic (exact) mass is 349 g/mol. The molecule has 0 unspecified atom stereocenters. The maximum atomic E-state index is 12.6. The summed E-state index contributed by atoms with van der Waals surface area (Å²) in [5.41, 5.74) is -1.09. The van der Waals surface area contributed by atoms with Crippen molar-refractivity contribution in [2.24, 2.45) is 5.41 Å². The lowest BCUT2D eigenvalue weighted by molar-refractivity contribution is -0.153. The highest BCUT2D eigenvalue weighted by atomic mass is 35.5. The van der Waals surface area contributed by atoms with Crippen LogP contribution in [0.1, 0.15) is 61.3 Å². The molecule has 0 aromatic rings. The zero-order chi connectivity index (χ0) is 18.3. The molecule has 0 fully saturated rings. The molecule has 0 spiro atoms. The van der Waals surface area contributed by atoms with Gasteiger partial charge in [-0.05, 0) is 46.0 Å². The summed E-state index contributed by atoms with van der Waals surface area (Å²) in [5.74, 6) is 0.110. The van der Waals surface area contributed by atoms with E-state index in [1.807, 2.05) is 20.8 Å². The number of alkyl halides is 1. The Balaban J connectivity index is 5.46.